The summed E-state index contributed by atoms with van der Waals surface area (Å²) in [6.45, 7) is 3.19. The molecular weight excluding hydrogens is 442 g/mol. The first-order chi connectivity index (χ1) is 16.0. The number of ether oxygens (including phenoxy) is 2. The molecule has 0 unspecified atom stereocenters. The number of anilines is 3. The van der Waals surface area contributed by atoms with E-state index in [1.165, 1.54) is 25.4 Å². The Kier molecular flexibility index (Phi) is 5.61. The van der Waals surface area contributed by atoms with Crippen molar-refractivity contribution in [2.75, 3.05) is 43.6 Å². The van der Waals surface area contributed by atoms with Gasteiger partial charge in [-0.3, -0.25) is 0 Å². The van der Waals surface area contributed by atoms with Gasteiger partial charge in [-0.05, 0) is 42.5 Å². The van der Waals surface area contributed by atoms with Crippen molar-refractivity contribution < 1.29 is 17.9 Å². The lowest BCUT2D eigenvalue weighted by molar-refractivity contribution is 0.122. The van der Waals surface area contributed by atoms with Gasteiger partial charge in [-0.15, -0.1) is 0 Å². The second kappa shape index (κ2) is 8.72. The van der Waals surface area contributed by atoms with E-state index in [4.69, 9.17) is 9.47 Å². The Balaban J connectivity index is 1.42. The number of hydrogen-bond donors (Lipinski definition) is 1. The van der Waals surface area contributed by atoms with Crippen LogP contribution in [-0.4, -0.2) is 55.8 Å². The maximum Gasteiger partial charge on any atom is 0.269 e. The van der Waals surface area contributed by atoms with Crippen LogP contribution in [0.15, 0.2) is 71.9 Å². The summed E-state index contributed by atoms with van der Waals surface area (Å²) in [5, 5.41) is 3.78. The molecule has 5 rings (SSSR count). The molecule has 9 nitrogen and oxygen atoms in total. The summed E-state index contributed by atoms with van der Waals surface area (Å²) in [6.07, 6.45) is 3.08. The highest BCUT2D eigenvalue weighted by Crippen LogP contribution is 2.25. The number of nitrogens with zero attached hydrogens (tertiary/aromatic N) is 4. The van der Waals surface area contributed by atoms with Crippen molar-refractivity contribution in [1.82, 2.24) is 13.9 Å². The zero-order valence-corrected chi connectivity index (χ0v) is 18.8. The molecule has 0 radical (unpaired) electrons. The van der Waals surface area contributed by atoms with Gasteiger partial charge in [0, 0.05) is 48.3 Å². The smallest absolute Gasteiger partial charge is 0.269 e. The fourth-order valence-corrected chi connectivity index (χ4v) is 5.07. The first-order valence-electron chi connectivity index (χ1n) is 10.5. The normalized spacial score (nSPS) is 14.4. The third-order valence-electron chi connectivity index (χ3n) is 5.49. The maximum atomic E-state index is 13.2. The van der Waals surface area contributed by atoms with E-state index in [9.17, 15) is 8.42 Å². The average molecular weight is 466 g/mol. The molecule has 0 atom stereocenters. The zero-order valence-electron chi connectivity index (χ0n) is 18.0. The van der Waals surface area contributed by atoms with Gasteiger partial charge in [0.1, 0.15) is 5.75 Å². The first-order valence-corrected chi connectivity index (χ1v) is 11.9. The molecule has 3 heterocycles. The van der Waals surface area contributed by atoms with E-state index in [-0.39, 0.29) is 4.90 Å². The predicted molar refractivity (Wildman–Crippen MR) is 126 cm³/mol. The molecule has 2 aromatic carbocycles. The molecule has 0 amide bonds. The molecule has 1 aliphatic heterocycles. The Morgan fingerprint density at radius 1 is 1.06 bits per heavy atom. The number of morpholine rings is 1. The van der Waals surface area contributed by atoms with Gasteiger partial charge in [0.2, 0.25) is 5.95 Å². The zero-order chi connectivity index (χ0) is 22.8. The van der Waals surface area contributed by atoms with Crippen LogP contribution in [0.3, 0.4) is 0 Å². The van der Waals surface area contributed by atoms with E-state index in [1.54, 1.807) is 24.4 Å². The molecule has 10 heteroatoms. The molecule has 0 spiro atoms. The summed E-state index contributed by atoms with van der Waals surface area (Å²) in [6, 6.07) is 16.0. The second-order valence-electron chi connectivity index (χ2n) is 7.54. The highest BCUT2D eigenvalue weighted by Gasteiger charge is 2.21. The van der Waals surface area contributed by atoms with E-state index < -0.39 is 10.0 Å². The van der Waals surface area contributed by atoms with Crippen molar-refractivity contribution in [3.8, 4) is 5.75 Å². The quantitative estimate of drug-likeness (QED) is 0.463. The highest BCUT2D eigenvalue weighted by molar-refractivity contribution is 7.90. The number of methoxy groups -OCH3 is 1. The van der Waals surface area contributed by atoms with Crippen molar-refractivity contribution in [2.24, 2.45) is 0 Å². The van der Waals surface area contributed by atoms with Crippen LogP contribution < -0.4 is 15.0 Å². The maximum absolute atomic E-state index is 13.2. The van der Waals surface area contributed by atoms with E-state index in [2.05, 4.69) is 20.2 Å². The van der Waals surface area contributed by atoms with E-state index in [0.717, 1.165) is 41.7 Å². The number of benzene rings is 2. The van der Waals surface area contributed by atoms with Gasteiger partial charge in [-0.25, -0.2) is 17.4 Å². The van der Waals surface area contributed by atoms with E-state index >= 15 is 0 Å². The number of nitrogens with one attached hydrogen (secondary N) is 1. The van der Waals surface area contributed by atoms with Gasteiger partial charge >= 0.3 is 0 Å². The Morgan fingerprint density at radius 3 is 2.61 bits per heavy atom. The first kappa shape index (κ1) is 21.2. The average Bonchev–Trinajstić information content (AvgIpc) is 3.29. The molecule has 170 valence electrons. The molecule has 2 aromatic heterocycles. The van der Waals surface area contributed by atoms with Crippen LogP contribution in [0.4, 0.5) is 17.3 Å². The van der Waals surface area contributed by atoms with Crippen LogP contribution in [0.2, 0.25) is 0 Å². The summed E-state index contributed by atoms with van der Waals surface area (Å²) >= 11 is 0. The van der Waals surface area contributed by atoms with Crippen LogP contribution in [0.5, 0.6) is 5.75 Å². The summed E-state index contributed by atoms with van der Waals surface area (Å²) in [5.41, 5.74) is 2.22. The molecular formula is C23H23N5O4S. The summed E-state index contributed by atoms with van der Waals surface area (Å²) in [5.74, 6) is 0.771. The lowest BCUT2D eigenvalue weighted by Gasteiger charge is -2.28. The Morgan fingerprint density at radius 2 is 1.85 bits per heavy atom. The Labute approximate surface area is 191 Å². The lowest BCUT2D eigenvalue weighted by Crippen LogP contribution is -2.36. The third kappa shape index (κ3) is 4.22. The minimum Gasteiger partial charge on any atom is -0.497 e. The Bertz CT molecular complexity index is 1380. The molecule has 1 saturated heterocycles. The third-order valence-corrected chi connectivity index (χ3v) is 7.15. The van der Waals surface area contributed by atoms with E-state index in [1.807, 2.05) is 24.3 Å². The van der Waals surface area contributed by atoms with Crippen LogP contribution in [-0.2, 0) is 14.8 Å². The van der Waals surface area contributed by atoms with Crippen molar-refractivity contribution in [3.05, 3.63) is 67.0 Å². The van der Waals surface area contributed by atoms with Crippen molar-refractivity contribution in [3.63, 3.8) is 0 Å². The monoisotopic (exact) mass is 465 g/mol. The largest absolute Gasteiger partial charge is 0.497 e. The summed E-state index contributed by atoms with van der Waals surface area (Å²) < 4.78 is 38.2. The standard InChI is InChI=1S/C23H23N5O4S/c1-31-20-3-2-4-21(15-20)33(29,30)28-10-9-17-16-24-23(26-22(17)28)25-18-5-7-19(8-6-18)27-11-13-32-14-12-27/h2-10,15-16H,11-14H2,1H3,(H,24,25,26). The van der Waals surface area contributed by atoms with Gasteiger partial charge in [-0.1, -0.05) is 6.07 Å². The SMILES string of the molecule is COc1cccc(S(=O)(=O)n2ccc3cnc(Nc4ccc(N5CCOCC5)cc4)nc32)c1. The van der Waals surface area contributed by atoms with E-state index in [0.29, 0.717) is 22.7 Å². The number of hydrogen-bond acceptors (Lipinski definition) is 8. The molecule has 0 bridgehead atoms. The predicted octanol–water partition coefficient (Wildman–Crippen LogP) is 3.26. The number of fused-ring (bicyclic) bond motifs is 1. The highest BCUT2D eigenvalue weighted by atomic mass is 32.2. The van der Waals surface area contributed by atoms with Crippen LogP contribution in [0.1, 0.15) is 0 Å². The molecule has 1 N–H and O–H groups in total. The fourth-order valence-electron chi connectivity index (χ4n) is 3.73. The minimum absolute atomic E-state index is 0.117. The summed E-state index contributed by atoms with van der Waals surface area (Å²) in [7, 11) is -2.36. The van der Waals surface area contributed by atoms with Gasteiger partial charge in [-0.2, -0.15) is 4.98 Å². The van der Waals surface area contributed by atoms with Crippen molar-refractivity contribution in [2.45, 2.75) is 4.90 Å². The van der Waals surface area contributed by atoms with Gasteiger partial charge in [0.25, 0.3) is 10.0 Å². The molecule has 1 fully saturated rings. The van der Waals surface area contributed by atoms with Gasteiger partial charge in [0.15, 0.2) is 5.65 Å². The number of rotatable bonds is 6. The topological polar surface area (TPSA) is 98.6 Å². The van der Waals surface area contributed by atoms with Crippen molar-refractivity contribution in [1.29, 1.82) is 0 Å². The molecule has 0 aliphatic carbocycles. The van der Waals surface area contributed by atoms with Crippen LogP contribution >= 0.6 is 0 Å². The van der Waals surface area contributed by atoms with Gasteiger partial charge in [0.05, 0.1) is 25.2 Å². The van der Waals surface area contributed by atoms with Crippen molar-refractivity contribution >= 4 is 38.4 Å². The van der Waals surface area contributed by atoms with Crippen LogP contribution in [0.25, 0.3) is 11.0 Å². The molecule has 33 heavy (non-hydrogen) atoms. The fraction of sp³-hybridized carbons (Fsp3) is 0.217. The Hall–Kier alpha value is -3.63. The second-order valence-corrected chi connectivity index (χ2v) is 9.35. The molecule has 4 aromatic rings. The molecule has 0 saturated carbocycles. The number of aromatic nitrogens is 3. The molecule has 1 aliphatic rings. The minimum atomic E-state index is -3.86. The summed E-state index contributed by atoms with van der Waals surface area (Å²) in [4.78, 5) is 11.2. The van der Waals surface area contributed by atoms with Gasteiger partial charge < -0.3 is 19.7 Å². The lowest BCUT2D eigenvalue weighted by atomic mass is 10.2. The van der Waals surface area contributed by atoms with Crippen LogP contribution in [0, 0.1) is 0 Å².